The predicted octanol–water partition coefficient (Wildman–Crippen LogP) is 4.69. The highest BCUT2D eigenvalue weighted by atomic mass is 15.0. The van der Waals surface area contributed by atoms with Crippen molar-refractivity contribution in [3.63, 3.8) is 0 Å². The molecular weight excluding hydrogens is 296 g/mol. The molecule has 0 saturated carbocycles. The van der Waals surface area contributed by atoms with E-state index < -0.39 is 0 Å². The number of nitrogens with two attached hydrogens (primary N) is 1. The first-order valence-electron chi connectivity index (χ1n) is 7.78. The third-order valence-electron chi connectivity index (χ3n) is 4.04. The summed E-state index contributed by atoms with van der Waals surface area (Å²) in [6.45, 7) is 4.02. The third kappa shape index (κ3) is 3.27. The molecule has 4 N–H and O–H groups in total. The van der Waals surface area contributed by atoms with Gasteiger partial charge < -0.3 is 16.5 Å². The highest BCUT2D eigenvalue weighted by Gasteiger charge is 2.06. The molecule has 1 heterocycles. The lowest BCUT2D eigenvalue weighted by atomic mass is 10.0. The Morgan fingerprint density at radius 1 is 1.00 bits per heavy atom. The Morgan fingerprint density at radius 3 is 2.50 bits per heavy atom. The Labute approximate surface area is 141 Å². The van der Waals surface area contributed by atoms with Gasteiger partial charge in [0.15, 0.2) is 0 Å². The van der Waals surface area contributed by atoms with Crippen LogP contribution in [0.3, 0.4) is 0 Å². The molecule has 0 bridgehead atoms. The molecule has 0 fully saturated rings. The SMILES string of the molecule is Cc1ccc(Nc2cc(-c3cccc(N)c3)ccc2C=N)nc1C. The molecule has 0 spiro atoms. The summed E-state index contributed by atoms with van der Waals surface area (Å²) in [5.41, 5.74) is 12.5. The molecule has 0 aliphatic rings. The molecule has 2 aromatic carbocycles. The van der Waals surface area contributed by atoms with Gasteiger partial charge in [-0.2, -0.15) is 0 Å². The van der Waals surface area contributed by atoms with Crippen molar-refractivity contribution in [2.75, 3.05) is 11.1 Å². The molecule has 0 amide bonds. The van der Waals surface area contributed by atoms with Gasteiger partial charge in [0, 0.05) is 28.8 Å². The Hall–Kier alpha value is -3.14. The van der Waals surface area contributed by atoms with Crippen LogP contribution in [0.5, 0.6) is 0 Å². The van der Waals surface area contributed by atoms with Gasteiger partial charge in [-0.1, -0.05) is 30.3 Å². The average molecular weight is 316 g/mol. The number of benzene rings is 2. The van der Waals surface area contributed by atoms with E-state index in [4.69, 9.17) is 11.1 Å². The predicted molar refractivity (Wildman–Crippen MR) is 101 cm³/mol. The van der Waals surface area contributed by atoms with Crippen molar-refractivity contribution in [3.05, 3.63) is 71.4 Å². The zero-order valence-corrected chi connectivity index (χ0v) is 13.8. The minimum absolute atomic E-state index is 0.731. The molecule has 120 valence electrons. The van der Waals surface area contributed by atoms with E-state index in [2.05, 4.69) is 10.3 Å². The van der Waals surface area contributed by atoms with E-state index in [-0.39, 0.29) is 0 Å². The molecule has 3 rings (SSSR count). The molecule has 4 nitrogen and oxygen atoms in total. The standard InChI is InChI=1S/C20H20N4/c1-13-6-9-20(23-14(13)2)24-19-11-16(7-8-17(19)12-21)15-4-3-5-18(22)10-15/h3-12,21H,22H2,1-2H3,(H,23,24). The van der Waals surface area contributed by atoms with Crippen LogP contribution >= 0.6 is 0 Å². The zero-order valence-electron chi connectivity index (χ0n) is 13.8. The van der Waals surface area contributed by atoms with Crippen molar-refractivity contribution >= 4 is 23.4 Å². The van der Waals surface area contributed by atoms with Gasteiger partial charge >= 0.3 is 0 Å². The van der Waals surface area contributed by atoms with Gasteiger partial charge in [0.2, 0.25) is 0 Å². The van der Waals surface area contributed by atoms with Crippen LogP contribution in [0, 0.1) is 19.3 Å². The second-order valence-electron chi connectivity index (χ2n) is 5.80. The van der Waals surface area contributed by atoms with E-state index in [9.17, 15) is 0 Å². The fourth-order valence-corrected chi connectivity index (χ4v) is 2.53. The summed E-state index contributed by atoms with van der Waals surface area (Å²) in [5, 5.41) is 11.0. The lowest BCUT2D eigenvalue weighted by Crippen LogP contribution is -1.99. The summed E-state index contributed by atoms with van der Waals surface area (Å²) in [6.07, 6.45) is 1.34. The van der Waals surface area contributed by atoms with Crippen molar-refractivity contribution in [3.8, 4) is 11.1 Å². The molecule has 4 heteroatoms. The lowest BCUT2D eigenvalue weighted by Gasteiger charge is -2.12. The number of anilines is 3. The minimum atomic E-state index is 0.731. The molecule has 0 saturated heterocycles. The summed E-state index contributed by atoms with van der Waals surface area (Å²) >= 11 is 0. The number of hydrogen-bond acceptors (Lipinski definition) is 4. The number of nitrogen functional groups attached to an aromatic ring is 1. The van der Waals surface area contributed by atoms with Crippen molar-refractivity contribution in [1.29, 1.82) is 5.41 Å². The third-order valence-corrected chi connectivity index (χ3v) is 4.04. The fraction of sp³-hybridized carbons (Fsp3) is 0.100. The lowest BCUT2D eigenvalue weighted by molar-refractivity contribution is 1.15. The first kappa shape index (κ1) is 15.7. The Morgan fingerprint density at radius 2 is 1.79 bits per heavy atom. The molecule has 3 aromatic rings. The Balaban J connectivity index is 2.00. The van der Waals surface area contributed by atoms with Crippen LogP contribution in [-0.4, -0.2) is 11.2 Å². The summed E-state index contributed by atoms with van der Waals surface area (Å²) in [5.74, 6) is 0.769. The summed E-state index contributed by atoms with van der Waals surface area (Å²) in [6, 6.07) is 17.7. The second-order valence-corrected chi connectivity index (χ2v) is 5.80. The highest BCUT2D eigenvalue weighted by molar-refractivity contribution is 5.89. The number of aromatic nitrogens is 1. The maximum Gasteiger partial charge on any atom is 0.130 e. The van der Waals surface area contributed by atoms with E-state index >= 15 is 0 Å². The van der Waals surface area contributed by atoms with Crippen LogP contribution in [0.15, 0.2) is 54.6 Å². The molecule has 1 aromatic heterocycles. The van der Waals surface area contributed by atoms with Gasteiger partial charge in [0.25, 0.3) is 0 Å². The summed E-state index contributed by atoms with van der Waals surface area (Å²) in [7, 11) is 0. The van der Waals surface area contributed by atoms with E-state index in [1.807, 2.05) is 68.4 Å². The number of aryl methyl sites for hydroxylation is 2. The zero-order chi connectivity index (χ0) is 17.1. The molecule has 0 atom stereocenters. The summed E-state index contributed by atoms with van der Waals surface area (Å²) in [4.78, 5) is 4.55. The van der Waals surface area contributed by atoms with Gasteiger partial charge in [0.05, 0.1) is 0 Å². The van der Waals surface area contributed by atoms with E-state index in [1.165, 1.54) is 6.21 Å². The molecule has 0 aliphatic heterocycles. The Bertz CT molecular complexity index is 900. The van der Waals surface area contributed by atoms with Crippen molar-refractivity contribution < 1.29 is 0 Å². The normalized spacial score (nSPS) is 10.4. The van der Waals surface area contributed by atoms with Crippen LogP contribution in [0.25, 0.3) is 11.1 Å². The summed E-state index contributed by atoms with van der Waals surface area (Å²) < 4.78 is 0. The first-order valence-corrected chi connectivity index (χ1v) is 7.78. The maximum atomic E-state index is 7.63. The maximum absolute atomic E-state index is 7.63. The number of nitrogens with zero attached hydrogens (tertiary/aromatic N) is 1. The van der Waals surface area contributed by atoms with Gasteiger partial charge in [-0.3, -0.25) is 0 Å². The van der Waals surface area contributed by atoms with Crippen molar-refractivity contribution in [2.45, 2.75) is 13.8 Å². The number of pyridine rings is 1. The monoisotopic (exact) mass is 316 g/mol. The van der Waals surface area contributed by atoms with Gasteiger partial charge in [-0.25, -0.2) is 4.98 Å². The van der Waals surface area contributed by atoms with Crippen LogP contribution in [-0.2, 0) is 0 Å². The van der Waals surface area contributed by atoms with Gasteiger partial charge in [0.1, 0.15) is 5.82 Å². The van der Waals surface area contributed by atoms with Gasteiger partial charge in [-0.15, -0.1) is 0 Å². The van der Waals surface area contributed by atoms with Crippen molar-refractivity contribution in [2.24, 2.45) is 0 Å². The molecule has 0 radical (unpaired) electrons. The average Bonchev–Trinajstić information content (AvgIpc) is 2.58. The van der Waals surface area contributed by atoms with Gasteiger partial charge in [-0.05, 0) is 54.8 Å². The van der Waals surface area contributed by atoms with Crippen LogP contribution in [0.1, 0.15) is 16.8 Å². The largest absolute Gasteiger partial charge is 0.399 e. The van der Waals surface area contributed by atoms with Crippen LogP contribution < -0.4 is 11.1 Å². The number of rotatable bonds is 4. The molecule has 0 aliphatic carbocycles. The minimum Gasteiger partial charge on any atom is -0.399 e. The van der Waals surface area contributed by atoms with E-state index in [0.29, 0.717) is 0 Å². The highest BCUT2D eigenvalue weighted by Crippen LogP contribution is 2.28. The molecular formula is C20H20N4. The van der Waals surface area contributed by atoms with Crippen LogP contribution in [0.2, 0.25) is 0 Å². The molecule has 0 unspecified atom stereocenters. The fourth-order valence-electron chi connectivity index (χ4n) is 2.53. The van der Waals surface area contributed by atoms with Crippen molar-refractivity contribution in [1.82, 2.24) is 4.98 Å². The number of hydrogen-bond donors (Lipinski definition) is 3. The van der Waals surface area contributed by atoms with E-state index in [1.54, 1.807) is 0 Å². The first-order chi connectivity index (χ1) is 11.6. The topological polar surface area (TPSA) is 74.8 Å². The molecule has 24 heavy (non-hydrogen) atoms. The van der Waals surface area contributed by atoms with E-state index in [0.717, 1.165) is 45.1 Å². The second kappa shape index (κ2) is 6.54. The Kier molecular flexibility index (Phi) is 4.29. The quantitative estimate of drug-likeness (QED) is 0.483. The smallest absolute Gasteiger partial charge is 0.130 e. The number of nitrogens with one attached hydrogen (secondary N) is 2. The van der Waals surface area contributed by atoms with Crippen LogP contribution in [0.4, 0.5) is 17.2 Å².